The van der Waals surface area contributed by atoms with Gasteiger partial charge in [0.2, 0.25) is 0 Å². The van der Waals surface area contributed by atoms with Crippen molar-refractivity contribution in [3.05, 3.63) is 122 Å². The number of quaternary nitrogens is 1. The minimum absolute atomic E-state index is 0.184. The number of likely N-dealkylation sites (N-methyl/N-ethyl adjacent to an activating group) is 1. The zero-order valence-electron chi connectivity index (χ0n) is 61.1. The molecule has 0 radical (unpaired) electrons. The summed E-state index contributed by atoms with van der Waals surface area (Å²) >= 11 is 0. The molecule has 0 aliphatic rings. The number of esters is 2. The molecule has 0 saturated carbocycles. The first-order valence-electron chi connectivity index (χ1n) is 38.7. The van der Waals surface area contributed by atoms with Gasteiger partial charge in [-0.3, -0.25) is 9.59 Å². The van der Waals surface area contributed by atoms with Gasteiger partial charge in [0, 0.05) is 12.8 Å². The Balaban J connectivity index is 4.06. The lowest BCUT2D eigenvalue weighted by molar-refractivity contribution is -0.870. The topological polar surface area (TPSA) is 108 Å². The van der Waals surface area contributed by atoms with Crippen LogP contribution < -0.4 is 0 Å². The Bertz CT molecular complexity index is 1950. The number of hydrogen-bond donors (Lipinski definition) is 1. The van der Waals surface area contributed by atoms with Gasteiger partial charge in [-0.2, -0.15) is 0 Å². The van der Waals surface area contributed by atoms with Crippen LogP contribution in [0.2, 0.25) is 0 Å². The maximum absolute atomic E-state index is 13.0. The molecule has 0 aromatic carbocycles. The minimum atomic E-state index is -1.52. The highest BCUT2D eigenvalue weighted by molar-refractivity contribution is 5.71. The molecule has 2 unspecified atom stereocenters. The van der Waals surface area contributed by atoms with E-state index in [0.29, 0.717) is 17.4 Å². The largest absolute Gasteiger partial charge is 0.477 e. The standard InChI is InChI=1S/C84H145NO8/c1-6-8-10-12-14-16-18-20-22-24-26-28-30-32-34-36-38-39-40-41-42-43-45-47-49-51-53-55-57-59-61-63-65-67-69-71-73-75-82(87)93-80(79-92-84(83(88)89)90-77-76-85(3,4)5)78-91-81(86)74-72-70-68-66-64-62-60-58-56-54-52-50-48-46-44-37-35-33-31-29-27-25-23-21-19-17-15-13-11-9-7-2/h8,10,14,16,19-22,25-28,31-34,38-39,41-42,80,84H,6-7,9,11-13,15,17-18,23-24,29-30,35-37,40,43-79H2,1-5H3/p+1/b10-8-,16-14-,21-19-,22-20-,27-25-,28-26-,33-31-,34-32-,39-38-,42-41-. The van der Waals surface area contributed by atoms with Crippen molar-refractivity contribution in [3.63, 3.8) is 0 Å². The van der Waals surface area contributed by atoms with E-state index in [-0.39, 0.29) is 32.2 Å². The van der Waals surface area contributed by atoms with E-state index < -0.39 is 24.3 Å². The van der Waals surface area contributed by atoms with Gasteiger partial charge in [0.1, 0.15) is 13.2 Å². The van der Waals surface area contributed by atoms with E-state index in [0.717, 1.165) is 96.3 Å². The normalized spacial score (nSPS) is 13.3. The Kier molecular flexibility index (Phi) is 70.1. The summed E-state index contributed by atoms with van der Waals surface area (Å²) in [6.07, 6.45) is 102. The number of carboxylic acids is 1. The molecule has 0 fully saturated rings. The second-order valence-electron chi connectivity index (χ2n) is 26.9. The highest BCUT2D eigenvalue weighted by atomic mass is 16.7. The molecule has 0 aromatic heterocycles. The van der Waals surface area contributed by atoms with Crippen LogP contribution in [0.25, 0.3) is 0 Å². The van der Waals surface area contributed by atoms with Gasteiger partial charge in [0.25, 0.3) is 6.29 Å². The number of hydrogen-bond acceptors (Lipinski definition) is 7. The number of nitrogens with zero attached hydrogens (tertiary/aromatic N) is 1. The summed E-state index contributed by atoms with van der Waals surface area (Å²) in [5, 5.41) is 9.77. The number of aliphatic carboxylic acids is 1. The fourth-order valence-corrected chi connectivity index (χ4v) is 10.8. The van der Waals surface area contributed by atoms with E-state index in [1.54, 1.807) is 0 Å². The van der Waals surface area contributed by atoms with Crippen molar-refractivity contribution in [2.45, 2.75) is 347 Å². The highest BCUT2D eigenvalue weighted by Gasteiger charge is 2.25. The molecule has 0 heterocycles. The van der Waals surface area contributed by atoms with Gasteiger partial charge < -0.3 is 28.5 Å². The van der Waals surface area contributed by atoms with Crippen LogP contribution in [0.5, 0.6) is 0 Å². The van der Waals surface area contributed by atoms with E-state index in [2.05, 4.69) is 135 Å². The van der Waals surface area contributed by atoms with Crippen LogP contribution in [0.4, 0.5) is 0 Å². The molecule has 1 N–H and O–H groups in total. The third-order valence-corrected chi connectivity index (χ3v) is 16.7. The van der Waals surface area contributed by atoms with E-state index in [9.17, 15) is 19.5 Å². The Morgan fingerprint density at radius 2 is 0.613 bits per heavy atom. The maximum Gasteiger partial charge on any atom is 0.361 e. The molecule has 0 saturated heterocycles. The van der Waals surface area contributed by atoms with Gasteiger partial charge in [-0.15, -0.1) is 0 Å². The van der Waals surface area contributed by atoms with Crippen LogP contribution in [0.3, 0.4) is 0 Å². The zero-order chi connectivity index (χ0) is 67.5. The van der Waals surface area contributed by atoms with Crippen molar-refractivity contribution in [1.29, 1.82) is 0 Å². The molecular weight excluding hydrogens is 1150 g/mol. The lowest BCUT2D eigenvalue weighted by Crippen LogP contribution is -2.40. The van der Waals surface area contributed by atoms with Gasteiger partial charge in [0.15, 0.2) is 6.10 Å². The number of carbonyl (C=O) groups excluding carboxylic acids is 2. The first-order valence-corrected chi connectivity index (χ1v) is 38.7. The van der Waals surface area contributed by atoms with Crippen LogP contribution in [-0.2, 0) is 33.3 Å². The molecular formula is C84H146NO8+. The smallest absolute Gasteiger partial charge is 0.361 e. The third kappa shape index (κ3) is 74.9. The van der Waals surface area contributed by atoms with Crippen molar-refractivity contribution >= 4 is 17.9 Å². The summed E-state index contributed by atoms with van der Waals surface area (Å²) in [5.41, 5.74) is 0. The summed E-state index contributed by atoms with van der Waals surface area (Å²) in [5.74, 6) is -2.00. The Hall–Kier alpha value is -4.31. The number of unbranched alkanes of at least 4 members (excludes halogenated alkanes) is 36. The van der Waals surface area contributed by atoms with Gasteiger partial charge in [-0.05, 0) is 109 Å². The van der Waals surface area contributed by atoms with Gasteiger partial charge >= 0.3 is 17.9 Å². The Morgan fingerprint density at radius 1 is 0.333 bits per heavy atom. The monoisotopic (exact) mass is 1300 g/mol. The molecule has 534 valence electrons. The molecule has 0 bridgehead atoms. The molecule has 0 amide bonds. The summed E-state index contributed by atoms with van der Waals surface area (Å²) in [4.78, 5) is 37.7. The second-order valence-corrected chi connectivity index (χ2v) is 26.9. The second kappa shape index (κ2) is 73.5. The Morgan fingerprint density at radius 3 is 0.914 bits per heavy atom. The van der Waals surface area contributed by atoms with Crippen LogP contribution in [0.1, 0.15) is 335 Å². The molecule has 9 nitrogen and oxygen atoms in total. The zero-order valence-corrected chi connectivity index (χ0v) is 61.1. The lowest BCUT2D eigenvalue weighted by Gasteiger charge is -2.25. The van der Waals surface area contributed by atoms with Crippen molar-refractivity contribution in [1.82, 2.24) is 0 Å². The maximum atomic E-state index is 13.0. The average molecular weight is 1300 g/mol. The molecule has 2 atom stereocenters. The van der Waals surface area contributed by atoms with E-state index >= 15 is 0 Å². The number of allylic oxidation sites excluding steroid dienone is 20. The first kappa shape index (κ1) is 88.7. The van der Waals surface area contributed by atoms with E-state index in [4.69, 9.17) is 18.9 Å². The number of carboxylic acid groups (broad SMARTS) is 1. The van der Waals surface area contributed by atoms with Crippen molar-refractivity contribution in [2.75, 3.05) is 47.5 Å². The SMILES string of the molecule is CC/C=C\C/C=C\C/C=C\C/C=C\C/C=C\C/C=C\C/C=C\CCCCCCCCCCCCCCCCCC(=O)OC(COC(=O)CCCCCCCCCCCCCCCCCC/C=C\C/C=C\C/C=C\CCCCCCC)COC(OCC[N+](C)(C)C)C(=O)O. The van der Waals surface area contributed by atoms with Gasteiger partial charge in [-0.25, -0.2) is 4.79 Å². The fourth-order valence-electron chi connectivity index (χ4n) is 10.8. The predicted molar refractivity (Wildman–Crippen MR) is 401 cm³/mol. The number of carbonyl (C=O) groups is 3. The van der Waals surface area contributed by atoms with E-state index in [1.807, 2.05) is 21.1 Å². The highest BCUT2D eigenvalue weighted by Crippen LogP contribution is 2.18. The fraction of sp³-hybridized carbons (Fsp3) is 0.726. The summed E-state index contributed by atoms with van der Waals surface area (Å²) in [7, 11) is 5.98. The van der Waals surface area contributed by atoms with Crippen LogP contribution >= 0.6 is 0 Å². The summed E-state index contributed by atoms with van der Waals surface area (Å²) in [6.45, 7) is 4.78. The van der Waals surface area contributed by atoms with Crippen molar-refractivity contribution < 1.29 is 42.9 Å². The van der Waals surface area contributed by atoms with Crippen molar-refractivity contribution in [3.8, 4) is 0 Å². The molecule has 9 heteroatoms. The van der Waals surface area contributed by atoms with E-state index in [1.165, 1.54) is 212 Å². The molecule has 0 aliphatic carbocycles. The third-order valence-electron chi connectivity index (χ3n) is 16.7. The quantitative estimate of drug-likeness (QED) is 0.0211. The molecule has 0 spiro atoms. The average Bonchev–Trinajstić information content (AvgIpc) is 3.73. The minimum Gasteiger partial charge on any atom is -0.477 e. The van der Waals surface area contributed by atoms with Crippen LogP contribution in [0, 0.1) is 0 Å². The van der Waals surface area contributed by atoms with Crippen molar-refractivity contribution in [2.24, 2.45) is 0 Å². The molecule has 0 aromatic rings. The van der Waals surface area contributed by atoms with Crippen LogP contribution in [0.15, 0.2) is 122 Å². The summed E-state index contributed by atoms with van der Waals surface area (Å²) < 4.78 is 23.0. The van der Waals surface area contributed by atoms with Crippen LogP contribution in [-0.4, -0.2) is 87.4 Å². The number of ether oxygens (including phenoxy) is 4. The first-order chi connectivity index (χ1) is 45.6. The molecule has 93 heavy (non-hydrogen) atoms. The number of rotatable bonds is 71. The Labute approximate surface area is 574 Å². The summed E-state index contributed by atoms with van der Waals surface area (Å²) in [6, 6.07) is 0. The van der Waals surface area contributed by atoms with Gasteiger partial charge in [0.05, 0.1) is 34.4 Å². The molecule has 0 aliphatic heterocycles. The predicted octanol–water partition coefficient (Wildman–Crippen LogP) is 24.7. The van der Waals surface area contributed by atoms with Gasteiger partial charge in [-0.1, -0.05) is 334 Å². The lowest BCUT2D eigenvalue weighted by atomic mass is 10.0. The molecule has 0 rings (SSSR count).